The number of nitrogens with one attached hydrogen (secondary N) is 1. The molecule has 20 heavy (non-hydrogen) atoms. The topological polar surface area (TPSA) is 62.4 Å². The van der Waals surface area contributed by atoms with E-state index in [4.69, 9.17) is 5.73 Å². The highest BCUT2D eigenvalue weighted by molar-refractivity contribution is 5.64. The molecule has 1 aromatic rings. The smallest absolute Gasteiger partial charge is 0.148 e. The van der Waals surface area contributed by atoms with Crippen molar-refractivity contribution in [3.05, 3.63) is 5.69 Å². The van der Waals surface area contributed by atoms with E-state index < -0.39 is 0 Å². The molecular weight excluding hydrogens is 252 g/mol. The molecule has 0 amide bonds. The fraction of sp³-hybridized carbons (Fsp3) is 0.786. The maximum Gasteiger partial charge on any atom is 0.148 e. The van der Waals surface area contributed by atoms with E-state index in [1.165, 1.54) is 0 Å². The third kappa shape index (κ3) is 3.64. The van der Waals surface area contributed by atoms with Crippen LogP contribution >= 0.6 is 0 Å². The first-order valence-electron chi connectivity index (χ1n) is 7.59. The summed E-state index contributed by atoms with van der Waals surface area (Å²) in [4.78, 5) is 4.87. The molecule has 0 radical (unpaired) electrons. The van der Waals surface area contributed by atoms with E-state index in [0.29, 0.717) is 0 Å². The lowest BCUT2D eigenvalue weighted by atomic mass is 10.3. The van der Waals surface area contributed by atoms with Crippen molar-refractivity contribution < 1.29 is 0 Å². The Hall–Kier alpha value is -1.27. The van der Waals surface area contributed by atoms with Crippen LogP contribution in [0.5, 0.6) is 0 Å². The van der Waals surface area contributed by atoms with E-state index >= 15 is 0 Å². The van der Waals surface area contributed by atoms with Crippen LogP contribution in [0, 0.1) is 6.92 Å². The van der Waals surface area contributed by atoms with Gasteiger partial charge >= 0.3 is 0 Å². The largest absolute Gasteiger partial charge is 0.394 e. The lowest BCUT2D eigenvalue weighted by molar-refractivity contribution is 0.158. The molecule has 0 saturated carbocycles. The van der Waals surface area contributed by atoms with Gasteiger partial charge in [0.25, 0.3) is 0 Å². The third-order valence-corrected chi connectivity index (χ3v) is 3.93. The summed E-state index contributed by atoms with van der Waals surface area (Å²) in [5.74, 6) is 0.985. The summed E-state index contributed by atoms with van der Waals surface area (Å²) in [6.07, 6.45) is 1.06. The predicted molar refractivity (Wildman–Crippen MR) is 84.1 cm³/mol. The van der Waals surface area contributed by atoms with Crippen LogP contribution in [-0.2, 0) is 6.54 Å². The molecule has 0 aliphatic carbocycles. The van der Waals surface area contributed by atoms with Crippen molar-refractivity contribution in [1.29, 1.82) is 0 Å². The molecule has 6 nitrogen and oxygen atoms in total. The molecule has 0 unspecified atom stereocenters. The molecule has 0 aromatic carbocycles. The van der Waals surface area contributed by atoms with Gasteiger partial charge in [0, 0.05) is 45.8 Å². The highest BCUT2D eigenvalue weighted by Gasteiger charge is 2.15. The number of rotatable bonds is 6. The molecule has 1 aliphatic rings. The number of nitrogens with two attached hydrogens (primary N) is 1. The summed E-state index contributed by atoms with van der Waals surface area (Å²) >= 11 is 0. The number of aryl methyl sites for hydroxylation is 2. The Balaban J connectivity index is 1.84. The molecule has 114 valence electrons. The summed E-state index contributed by atoms with van der Waals surface area (Å²) < 4.78 is 1.99. The molecule has 3 N–H and O–H groups in total. The van der Waals surface area contributed by atoms with E-state index in [1.807, 2.05) is 11.6 Å². The summed E-state index contributed by atoms with van der Waals surface area (Å²) in [6, 6.07) is 0. The van der Waals surface area contributed by atoms with Crippen LogP contribution in [0.3, 0.4) is 0 Å². The van der Waals surface area contributed by atoms with Gasteiger partial charge in [-0.1, -0.05) is 6.92 Å². The Labute approximate surface area is 121 Å². The van der Waals surface area contributed by atoms with Gasteiger partial charge in [0.05, 0.1) is 11.4 Å². The molecule has 2 rings (SSSR count). The second-order valence-electron chi connectivity index (χ2n) is 5.64. The molecule has 1 aromatic heterocycles. The minimum atomic E-state index is 0.789. The van der Waals surface area contributed by atoms with Gasteiger partial charge in [-0.05, 0) is 20.4 Å². The van der Waals surface area contributed by atoms with Crippen LogP contribution in [0.1, 0.15) is 19.0 Å². The van der Waals surface area contributed by atoms with Crippen LogP contribution < -0.4 is 11.1 Å². The standard InChI is InChI=1S/C14H28N6/c1-4-6-20-14(13(15)12(2)17-20)16-5-7-19-10-8-18(3)9-11-19/h16H,4-11,15H2,1-3H3. The zero-order valence-electron chi connectivity index (χ0n) is 13.0. The number of nitrogen functional groups attached to an aromatic ring is 1. The number of hydrogen-bond donors (Lipinski definition) is 2. The van der Waals surface area contributed by atoms with Gasteiger partial charge in [0.2, 0.25) is 0 Å². The monoisotopic (exact) mass is 280 g/mol. The van der Waals surface area contributed by atoms with Crippen molar-refractivity contribution in [1.82, 2.24) is 19.6 Å². The van der Waals surface area contributed by atoms with Gasteiger partial charge in [-0.25, -0.2) is 4.68 Å². The highest BCUT2D eigenvalue weighted by atomic mass is 15.3. The van der Waals surface area contributed by atoms with Gasteiger partial charge in [0.1, 0.15) is 5.82 Å². The first kappa shape index (κ1) is 15.1. The number of nitrogens with zero attached hydrogens (tertiary/aromatic N) is 4. The zero-order valence-corrected chi connectivity index (χ0v) is 13.0. The molecule has 0 bridgehead atoms. The van der Waals surface area contributed by atoms with Gasteiger partial charge in [-0.3, -0.25) is 4.90 Å². The fourth-order valence-corrected chi connectivity index (χ4v) is 2.56. The lowest BCUT2D eigenvalue weighted by Crippen LogP contribution is -2.45. The Bertz CT molecular complexity index is 420. The lowest BCUT2D eigenvalue weighted by Gasteiger charge is -2.32. The van der Waals surface area contributed by atoms with Gasteiger partial charge in [-0.2, -0.15) is 5.10 Å². The van der Waals surface area contributed by atoms with E-state index in [2.05, 4.69) is 34.2 Å². The minimum Gasteiger partial charge on any atom is -0.394 e. The first-order valence-corrected chi connectivity index (χ1v) is 7.59. The van der Waals surface area contributed by atoms with E-state index in [0.717, 1.165) is 69.4 Å². The minimum absolute atomic E-state index is 0.789. The average molecular weight is 280 g/mol. The van der Waals surface area contributed by atoms with Crippen molar-refractivity contribution in [2.24, 2.45) is 0 Å². The molecule has 6 heteroatoms. The van der Waals surface area contributed by atoms with Crippen molar-refractivity contribution >= 4 is 11.5 Å². The zero-order chi connectivity index (χ0) is 14.5. The van der Waals surface area contributed by atoms with Crippen molar-refractivity contribution in [2.75, 3.05) is 57.4 Å². The molecule has 1 saturated heterocycles. The molecule has 1 aliphatic heterocycles. The Kier molecular flexibility index (Phi) is 5.25. The fourth-order valence-electron chi connectivity index (χ4n) is 2.56. The van der Waals surface area contributed by atoms with E-state index in [9.17, 15) is 0 Å². The summed E-state index contributed by atoms with van der Waals surface area (Å²) in [6.45, 7) is 11.6. The first-order chi connectivity index (χ1) is 9.61. The number of aromatic nitrogens is 2. The van der Waals surface area contributed by atoms with Crippen LogP contribution in [-0.4, -0.2) is 65.9 Å². The average Bonchev–Trinajstić information content (AvgIpc) is 2.69. The Morgan fingerprint density at radius 2 is 1.90 bits per heavy atom. The Morgan fingerprint density at radius 3 is 2.55 bits per heavy atom. The summed E-state index contributed by atoms with van der Waals surface area (Å²) in [7, 11) is 2.18. The molecule has 0 atom stereocenters. The van der Waals surface area contributed by atoms with Crippen LogP contribution in [0.25, 0.3) is 0 Å². The van der Waals surface area contributed by atoms with Crippen molar-refractivity contribution in [3.8, 4) is 0 Å². The predicted octanol–water partition coefficient (Wildman–Crippen LogP) is 0.843. The van der Waals surface area contributed by atoms with Crippen LogP contribution in [0.4, 0.5) is 11.5 Å². The number of hydrogen-bond acceptors (Lipinski definition) is 5. The third-order valence-electron chi connectivity index (χ3n) is 3.93. The molecule has 1 fully saturated rings. The second-order valence-corrected chi connectivity index (χ2v) is 5.64. The van der Waals surface area contributed by atoms with Gasteiger partial charge in [-0.15, -0.1) is 0 Å². The summed E-state index contributed by atoms with van der Waals surface area (Å²) in [5, 5.41) is 7.95. The normalized spacial score (nSPS) is 17.6. The summed E-state index contributed by atoms with van der Waals surface area (Å²) in [5.41, 5.74) is 7.81. The van der Waals surface area contributed by atoms with Crippen LogP contribution in [0.15, 0.2) is 0 Å². The van der Waals surface area contributed by atoms with Crippen LogP contribution in [0.2, 0.25) is 0 Å². The Morgan fingerprint density at radius 1 is 1.20 bits per heavy atom. The van der Waals surface area contributed by atoms with E-state index in [-0.39, 0.29) is 0 Å². The second kappa shape index (κ2) is 6.95. The maximum absolute atomic E-state index is 6.11. The van der Waals surface area contributed by atoms with E-state index in [1.54, 1.807) is 0 Å². The number of anilines is 2. The van der Waals surface area contributed by atoms with Crippen molar-refractivity contribution in [3.63, 3.8) is 0 Å². The highest BCUT2D eigenvalue weighted by Crippen LogP contribution is 2.22. The SMILES string of the molecule is CCCn1nc(C)c(N)c1NCCN1CCN(C)CC1. The molecular formula is C14H28N6. The number of likely N-dealkylation sites (N-methyl/N-ethyl adjacent to an activating group) is 1. The molecule has 0 spiro atoms. The van der Waals surface area contributed by atoms with Gasteiger partial charge in [0.15, 0.2) is 0 Å². The number of piperazine rings is 1. The van der Waals surface area contributed by atoms with Gasteiger partial charge < -0.3 is 16.0 Å². The maximum atomic E-state index is 6.11. The molecule has 2 heterocycles. The van der Waals surface area contributed by atoms with Crippen molar-refractivity contribution in [2.45, 2.75) is 26.8 Å². The quantitative estimate of drug-likeness (QED) is 0.808.